The van der Waals surface area contributed by atoms with Crippen molar-refractivity contribution in [3.8, 4) is 0 Å². The molecule has 1 N–H and O–H groups in total. The van der Waals surface area contributed by atoms with Gasteiger partial charge in [0.1, 0.15) is 0 Å². The summed E-state index contributed by atoms with van der Waals surface area (Å²) < 4.78 is 0. The zero-order chi connectivity index (χ0) is 10.4. The first-order chi connectivity index (χ1) is 6.79. The molecule has 0 amide bonds. The standard InChI is InChI=1S/C11H19N3/c1-4-10(13-5-2)9(3)11-8-12-6-7-14-11/h6-10,13H,4-5H2,1-3H3. The van der Waals surface area contributed by atoms with Crippen molar-refractivity contribution in [3.63, 3.8) is 0 Å². The van der Waals surface area contributed by atoms with Crippen LogP contribution in [-0.2, 0) is 0 Å². The van der Waals surface area contributed by atoms with Crippen LogP contribution in [0.25, 0.3) is 0 Å². The molecular formula is C11H19N3. The Balaban J connectivity index is 2.67. The summed E-state index contributed by atoms with van der Waals surface area (Å²) in [5.74, 6) is 0.425. The fraction of sp³-hybridized carbons (Fsp3) is 0.636. The number of nitrogens with zero attached hydrogens (tertiary/aromatic N) is 2. The Morgan fingerprint density at radius 2 is 2.14 bits per heavy atom. The summed E-state index contributed by atoms with van der Waals surface area (Å²) >= 11 is 0. The molecule has 14 heavy (non-hydrogen) atoms. The van der Waals surface area contributed by atoms with Crippen LogP contribution in [0.5, 0.6) is 0 Å². The van der Waals surface area contributed by atoms with Crippen LogP contribution < -0.4 is 5.32 Å². The second kappa shape index (κ2) is 5.70. The SMILES string of the molecule is CCNC(CC)C(C)c1cnccn1. The summed E-state index contributed by atoms with van der Waals surface area (Å²) in [5, 5.41) is 3.46. The molecule has 3 nitrogen and oxygen atoms in total. The molecule has 0 aliphatic carbocycles. The zero-order valence-electron chi connectivity index (χ0n) is 9.20. The fourth-order valence-corrected chi connectivity index (χ4v) is 1.69. The topological polar surface area (TPSA) is 37.8 Å². The maximum absolute atomic E-state index is 4.33. The van der Waals surface area contributed by atoms with Gasteiger partial charge in [-0.2, -0.15) is 0 Å². The van der Waals surface area contributed by atoms with Crippen LogP contribution >= 0.6 is 0 Å². The second-order valence-corrected chi connectivity index (χ2v) is 3.49. The largest absolute Gasteiger partial charge is 0.314 e. The van der Waals surface area contributed by atoms with Crippen LogP contribution in [0.4, 0.5) is 0 Å². The van der Waals surface area contributed by atoms with Crippen LogP contribution in [0.15, 0.2) is 18.6 Å². The summed E-state index contributed by atoms with van der Waals surface area (Å²) in [7, 11) is 0. The van der Waals surface area contributed by atoms with E-state index in [0.29, 0.717) is 12.0 Å². The van der Waals surface area contributed by atoms with Gasteiger partial charge in [0.15, 0.2) is 0 Å². The smallest absolute Gasteiger partial charge is 0.0630 e. The molecule has 0 aromatic carbocycles. The lowest BCUT2D eigenvalue weighted by molar-refractivity contribution is 0.442. The quantitative estimate of drug-likeness (QED) is 0.777. The molecule has 0 fully saturated rings. The predicted octanol–water partition coefficient (Wildman–Crippen LogP) is 1.97. The first-order valence-electron chi connectivity index (χ1n) is 5.28. The fourth-order valence-electron chi connectivity index (χ4n) is 1.69. The Morgan fingerprint density at radius 1 is 1.36 bits per heavy atom. The van der Waals surface area contributed by atoms with E-state index in [9.17, 15) is 0 Å². The van der Waals surface area contributed by atoms with Crippen molar-refractivity contribution in [3.05, 3.63) is 24.3 Å². The number of rotatable bonds is 5. The number of nitrogens with one attached hydrogen (secondary N) is 1. The van der Waals surface area contributed by atoms with Crippen molar-refractivity contribution in [1.29, 1.82) is 0 Å². The lowest BCUT2D eigenvalue weighted by Crippen LogP contribution is -2.33. The highest BCUT2D eigenvalue weighted by molar-refractivity contribution is 5.05. The molecule has 3 heteroatoms. The maximum atomic E-state index is 4.33. The monoisotopic (exact) mass is 193 g/mol. The summed E-state index contributed by atoms with van der Waals surface area (Å²) in [4.78, 5) is 8.42. The Hall–Kier alpha value is -0.960. The molecule has 0 saturated carbocycles. The molecule has 2 unspecified atom stereocenters. The normalized spacial score (nSPS) is 15.1. The third kappa shape index (κ3) is 2.77. The van der Waals surface area contributed by atoms with Crippen LogP contribution in [-0.4, -0.2) is 22.6 Å². The summed E-state index contributed by atoms with van der Waals surface area (Å²) in [5.41, 5.74) is 1.07. The minimum Gasteiger partial charge on any atom is -0.314 e. The summed E-state index contributed by atoms with van der Waals surface area (Å²) in [6.07, 6.45) is 6.44. The Kier molecular flexibility index (Phi) is 4.53. The van der Waals surface area contributed by atoms with E-state index in [2.05, 4.69) is 36.1 Å². The molecule has 2 atom stereocenters. The molecule has 1 aromatic heterocycles. The average Bonchev–Trinajstić information content (AvgIpc) is 2.26. The van der Waals surface area contributed by atoms with Crippen molar-refractivity contribution in [2.45, 2.75) is 39.2 Å². The van der Waals surface area contributed by atoms with Crippen LogP contribution in [0.2, 0.25) is 0 Å². The van der Waals surface area contributed by atoms with E-state index in [1.165, 1.54) is 0 Å². The zero-order valence-corrected chi connectivity index (χ0v) is 9.20. The van der Waals surface area contributed by atoms with Gasteiger partial charge in [0.05, 0.1) is 5.69 Å². The molecule has 1 rings (SSSR count). The molecule has 78 valence electrons. The molecule has 0 bridgehead atoms. The Bertz CT molecular complexity index is 248. The van der Waals surface area contributed by atoms with E-state index in [0.717, 1.165) is 18.7 Å². The van der Waals surface area contributed by atoms with Crippen molar-refractivity contribution < 1.29 is 0 Å². The van der Waals surface area contributed by atoms with Gasteiger partial charge < -0.3 is 5.32 Å². The van der Waals surface area contributed by atoms with E-state index in [1.807, 2.05) is 6.20 Å². The molecule has 0 radical (unpaired) electrons. The van der Waals surface area contributed by atoms with Gasteiger partial charge in [-0.15, -0.1) is 0 Å². The highest BCUT2D eigenvalue weighted by Gasteiger charge is 2.16. The third-order valence-corrected chi connectivity index (χ3v) is 2.56. The number of hydrogen-bond acceptors (Lipinski definition) is 3. The number of likely N-dealkylation sites (N-methyl/N-ethyl adjacent to an activating group) is 1. The molecule has 0 saturated heterocycles. The third-order valence-electron chi connectivity index (χ3n) is 2.56. The van der Waals surface area contributed by atoms with E-state index in [4.69, 9.17) is 0 Å². The highest BCUT2D eigenvalue weighted by atomic mass is 14.9. The number of aromatic nitrogens is 2. The van der Waals surface area contributed by atoms with Gasteiger partial charge in [-0.1, -0.05) is 20.8 Å². The van der Waals surface area contributed by atoms with Gasteiger partial charge in [-0.3, -0.25) is 9.97 Å². The Labute approximate surface area is 86.0 Å². The highest BCUT2D eigenvalue weighted by Crippen LogP contribution is 2.17. The van der Waals surface area contributed by atoms with E-state index in [1.54, 1.807) is 12.4 Å². The van der Waals surface area contributed by atoms with Gasteiger partial charge in [-0.05, 0) is 13.0 Å². The van der Waals surface area contributed by atoms with Crippen molar-refractivity contribution in [1.82, 2.24) is 15.3 Å². The van der Waals surface area contributed by atoms with Crippen molar-refractivity contribution >= 4 is 0 Å². The van der Waals surface area contributed by atoms with Gasteiger partial charge in [0.2, 0.25) is 0 Å². The molecule has 0 aliphatic rings. The minimum atomic E-state index is 0.425. The number of hydrogen-bond donors (Lipinski definition) is 1. The summed E-state index contributed by atoms with van der Waals surface area (Å²) in [6, 6.07) is 0.497. The van der Waals surface area contributed by atoms with E-state index in [-0.39, 0.29) is 0 Å². The van der Waals surface area contributed by atoms with E-state index >= 15 is 0 Å². The van der Waals surface area contributed by atoms with Gasteiger partial charge >= 0.3 is 0 Å². The summed E-state index contributed by atoms with van der Waals surface area (Å²) in [6.45, 7) is 7.52. The molecule has 1 heterocycles. The van der Waals surface area contributed by atoms with Crippen molar-refractivity contribution in [2.24, 2.45) is 0 Å². The molecular weight excluding hydrogens is 174 g/mol. The lowest BCUT2D eigenvalue weighted by Gasteiger charge is -2.22. The molecule has 0 aliphatic heterocycles. The molecule has 0 spiro atoms. The van der Waals surface area contributed by atoms with Crippen LogP contribution in [0.3, 0.4) is 0 Å². The minimum absolute atomic E-state index is 0.425. The van der Waals surface area contributed by atoms with Gasteiger partial charge in [0, 0.05) is 30.6 Å². The maximum Gasteiger partial charge on any atom is 0.0630 e. The van der Waals surface area contributed by atoms with E-state index < -0.39 is 0 Å². The second-order valence-electron chi connectivity index (χ2n) is 3.49. The van der Waals surface area contributed by atoms with Crippen LogP contribution in [0.1, 0.15) is 38.8 Å². The van der Waals surface area contributed by atoms with Crippen LogP contribution in [0, 0.1) is 0 Å². The van der Waals surface area contributed by atoms with Gasteiger partial charge in [0.25, 0.3) is 0 Å². The first kappa shape index (κ1) is 11.1. The first-order valence-corrected chi connectivity index (χ1v) is 5.28. The lowest BCUT2D eigenvalue weighted by atomic mass is 9.96. The average molecular weight is 193 g/mol. The predicted molar refractivity (Wildman–Crippen MR) is 58.2 cm³/mol. The Morgan fingerprint density at radius 3 is 2.64 bits per heavy atom. The van der Waals surface area contributed by atoms with Crippen molar-refractivity contribution in [2.75, 3.05) is 6.54 Å². The molecule has 1 aromatic rings. The van der Waals surface area contributed by atoms with Gasteiger partial charge in [-0.25, -0.2) is 0 Å².